The van der Waals surface area contributed by atoms with Crippen LogP contribution in [0.3, 0.4) is 0 Å². The highest BCUT2D eigenvalue weighted by Gasteiger charge is 2.40. The zero-order valence-electron chi connectivity index (χ0n) is 26.1. The van der Waals surface area contributed by atoms with Gasteiger partial charge < -0.3 is 13.6 Å². The Kier molecular flexibility index (Phi) is 9.20. The van der Waals surface area contributed by atoms with E-state index in [1.807, 2.05) is 54.6 Å². The molecule has 0 radical (unpaired) electrons. The van der Waals surface area contributed by atoms with E-state index in [1.54, 1.807) is 18.2 Å². The highest BCUT2D eigenvalue weighted by molar-refractivity contribution is 7.49. The van der Waals surface area contributed by atoms with Crippen molar-refractivity contribution in [2.75, 3.05) is 0 Å². The van der Waals surface area contributed by atoms with Crippen molar-refractivity contribution in [3.63, 3.8) is 0 Å². The minimum atomic E-state index is -4.44. The summed E-state index contributed by atoms with van der Waals surface area (Å²) >= 11 is 0. The minimum Gasteiger partial charge on any atom is -0.385 e. The highest BCUT2D eigenvalue weighted by Crippen LogP contribution is 2.56. The summed E-state index contributed by atoms with van der Waals surface area (Å²) in [6, 6.07) is 17.3. The monoisotopic (exact) mass is 572 g/mol. The summed E-state index contributed by atoms with van der Waals surface area (Å²) in [4.78, 5) is 0. The quantitative estimate of drug-likeness (QED) is 0.239. The van der Waals surface area contributed by atoms with Crippen LogP contribution in [0.4, 0.5) is 0 Å². The van der Waals surface area contributed by atoms with Crippen LogP contribution in [0.5, 0.6) is 17.2 Å². The summed E-state index contributed by atoms with van der Waals surface area (Å²) < 4.78 is 34.7. The van der Waals surface area contributed by atoms with E-state index >= 15 is 4.57 Å². The zero-order chi connectivity index (χ0) is 30.8. The van der Waals surface area contributed by atoms with Crippen LogP contribution in [0.15, 0.2) is 74.3 Å². The zero-order valence-corrected chi connectivity index (χ0v) is 27.0. The maximum absolute atomic E-state index is 15.2. The first-order chi connectivity index (χ1) is 18.9. The summed E-state index contributed by atoms with van der Waals surface area (Å²) in [6.45, 7) is 30.6. The molecule has 0 saturated carbocycles. The van der Waals surface area contributed by atoms with Gasteiger partial charge in [0.2, 0.25) is 0 Å². The number of phosphoric ester groups is 1. The second-order valence-corrected chi connectivity index (χ2v) is 14.7. The second-order valence-electron chi connectivity index (χ2n) is 13.3. The Labute approximate surface area is 247 Å². The molecule has 0 amide bonds. The molecule has 0 aliphatic carbocycles. The Morgan fingerprint density at radius 1 is 0.512 bits per heavy atom. The van der Waals surface area contributed by atoms with Gasteiger partial charge in [-0.15, -0.1) is 0 Å². The lowest BCUT2D eigenvalue weighted by Gasteiger charge is -2.30. The summed E-state index contributed by atoms with van der Waals surface area (Å²) in [5.41, 5.74) is 3.62. The molecule has 0 aromatic heterocycles. The van der Waals surface area contributed by atoms with Crippen LogP contribution in [0.2, 0.25) is 0 Å². The van der Waals surface area contributed by atoms with E-state index in [0.29, 0.717) is 33.9 Å². The normalized spacial score (nSPS) is 12.4. The summed E-state index contributed by atoms with van der Waals surface area (Å²) in [5, 5.41) is 0. The predicted octanol–water partition coefficient (Wildman–Crippen LogP) is 11.2. The van der Waals surface area contributed by atoms with E-state index in [2.05, 4.69) is 82.1 Å². The van der Waals surface area contributed by atoms with Gasteiger partial charge in [-0.2, -0.15) is 4.57 Å². The lowest BCUT2D eigenvalue weighted by Crippen LogP contribution is -2.19. The van der Waals surface area contributed by atoms with Crippen LogP contribution in [0, 0.1) is 0 Å². The molecule has 0 saturated heterocycles. The van der Waals surface area contributed by atoms with E-state index in [-0.39, 0.29) is 16.2 Å². The Balaban J connectivity index is 2.37. The molecule has 0 unspecified atom stereocenters. The fourth-order valence-electron chi connectivity index (χ4n) is 4.62. The number of phosphoric acid groups is 1. The fourth-order valence-corrected chi connectivity index (χ4v) is 6.01. The molecule has 3 aromatic carbocycles. The highest BCUT2D eigenvalue weighted by atomic mass is 31.2. The average molecular weight is 573 g/mol. The molecule has 4 nitrogen and oxygen atoms in total. The molecule has 0 N–H and O–H groups in total. The molecule has 41 heavy (non-hydrogen) atoms. The van der Waals surface area contributed by atoms with Gasteiger partial charge in [0, 0.05) is 33.4 Å². The first kappa shape index (κ1) is 32.0. The number of para-hydroxylation sites is 3. The molecule has 0 atom stereocenters. The Morgan fingerprint density at radius 2 is 0.756 bits per heavy atom. The van der Waals surface area contributed by atoms with Gasteiger partial charge in [0.25, 0.3) is 0 Å². The standard InChI is InChI=1S/C36H45O4P/c1-13-25-19-16-22-28(34(4,5)6)31(25)38-41(37,39-32-26(14-2)20-17-23-29(32)35(7,8)9)40-33-27(15-3)21-18-24-30(33)36(10,11)12/h13-24H,1-3H2,4-12H3. The predicted molar refractivity (Wildman–Crippen MR) is 175 cm³/mol. The van der Waals surface area contributed by atoms with Gasteiger partial charge in [-0.1, -0.05) is 155 Å². The van der Waals surface area contributed by atoms with Gasteiger partial charge in [0.05, 0.1) is 0 Å². The van der Waals surface area contributed by atoms with Gasteiger partial charge in [-0.3, -0.25) is 0 Å². The largest absolute Gasteiger partial charge is 0.647 e. The Bertz CT molecular complexity index is 1310. The first-order valence-electron chi connectivity index (χ1n) is 13.9. The van der Waals surface area contributed by atoms with Gasteiger partial charge in [0.1, 0.15) is 17.2 Å². The maximum atomic E-state index is 15.2. The molecule has 218 valence electrons. The van der Waals surface area contributed by atoms with E-state index in [1.165, 1.54) is 0 Å². The average Bonchev–Trinajstić information content (AvgIpc) is 2.86. The summed E-state index contributed by atoms with van der Waals surface area (Å²) in [7, 11) is -4.44. The molecule has 0 spiro atoms. The number of benzene rings is 3. The Hall–Kier alpha value is -3.49. The lowest BCUT2D eigenvalue weighted by atomic mass is 9.85. The van der Waals surface area contributed by atoms with Crippen molar-refractivity contribution >= 4 is 26.1 Å². The van der Waals surface area contributed by atoms with Gasteiger partial charge in [0.15, 0.2) is 0 Å². The molecule has 3 rings (SSSR count). The molecular formula is C36H45O4P. The van der Waals surface area contributed by atoms with Crippen molar-refractivity contribution in [3.05, 3.63) is 108 Å². The van der Waals surface area contributed by atoms with Crippen LogP contribution in [-0.2, 0) is 20.8 Å². The molecule has 0 bridgehead atoms. The third-order valence-corrected chi connectivity index (χ3v) is 8.05. The molecule has 0 fully saturated rings. The van der Waals surface area contributed by atoms with Crippen LogP contribution < -0.4 is 13.6 Å². The van der Waals surface area contributed by atoms with E-state index in [9.17, 15) is 0 Å². The number of hydrogen-bond acceptors (Lipinski definition) is 4. The molecule has 0 aliphatic heterocycles. The van der Waals surface area contributed by atoms with E-state index in [0.717, 1.165) is 16.7 Å². The third kappa shape index (κ3) is 7.24. The summed E-state index contributed by atoms with van der Waals surface area (Å²) in [6.07, 6.45) is 5.06. The van der Waals surface area contributed by atoms with Crippen LogP contribution in [0.25, 0.3) is 18.2 Å². The Morgan fingerprint density at radius 3 is 0.951 bits per heavy atom. The minimum absolute atomic E-state index is 0.329. The van der Waals surface area contributed by atoms with Crippen molar-refractivity contribution < 1.29 is 18.1 Å². The SMILES string of the molecule is C=Cc1cccc(C(C)(C)C)c1OP(=O)(Oc1c(C=C)cccc1C(C)(C)C)Oc1c(C=C)cccc1C(C)(C)C. The van der Waals surface area contributed by atoms with Crippen LogP contribution in [0.1, 0.15) is 95.7 Å². The number of hydrogen-bond donors (Lipinski definition) is 0. The lowest BCUT2D eigenvalue weighted by molar-refractivity contribution is 0.290. The number of rotatable bonds is 9. The van der Waals surface area contributed by atoms with Crippen molar-refractivity contribution in [1.82, 2.24) is 0 Å². The van der Waals surface area contributed by atoms with E-state index < -0.39 is 7.82 Å². The molecule has 5 heteroatoms. The third-order valence-electron chi connectivity index (χ3n) is 6.83. The molecule has 0 aliphatic rings. The molecule has 0 heterocycles. The topological polar surface area (TPSA) is 44.8 Å². The molecule has 3 aromatic rings. The smallest absolute Gasteiger partial charge is 0.385 e. The van der Waals surface area contributed by atoms with Crippen molar-refractivity contribution in [1.29, 1.82) is 0 Å². The van der Waals surface area contributed by atoms with Crippen molar-refractivity contribution in [2.45, 2.75) is 78.6 Å². The molecular weight excluding hydrogens is 527 g/mol. The van der Waals surface area contributed by atoms with Gasteiger partial charge >= 0.3 is 7.82 Å². The fraction of sp³-hybridized carbons (Fsp3) is 0.333. The van der Waals surface area contributed by atoms with Crippen LogP contribution >= 0.6 is 7.82 Å². The van der Waals surface area contributed by atoms with Gasteiger partial charge in [-0.25, -0.2) is 0 Å². The first-order valence-corrected chi connectivity index (χ1v) is 15.4. The van der Waals surface area contributed by atoms with Crippen molar-refractivity contribution in [3.8, 4) is 17.2 Å². The van der Waals surface area contributed by atoms with Crippen molar-refractivity contribution in [2.24, 2.45) is 0 Å². The maximum Gasteiger partial charge on any atom is 0.647 e. The summed E-state index contributed by atoms with van der Waals surface area (Å²) in [5.74, 6) is 1.21. The van der Waals surface area contributed by atoms with Gasteiger partial charge in [-0.05, 0) is 16.2 Å². The van der Waals surface area contributed by atoms with E-state index in [4.69, 9.17) is 13.6 Å². The van der Waals surface area contributed by atoms with Crippen LogP contribution in [-0.4, -0.2) is 0 Å². The second kappa shape index (κ2) is 11.8.